The Labute approximate surface area is 646 Å². The van der Waals surface area contributed by atoms with Gasteiger partial charge in [0.25, 0.3) is 0 Å². The molecule has 6 saturated heterocycles. The zero-order valence-corrected chi connectivity index (χ0v) is 68.7. The summed E-state index contributed by atoms with van der Waals surface area (Å²) in [4.78, 5) is 61.3. The fourth-order valence-electron chi connectivity index (χ4n) is 21.8. The van der Waals surface area contributed by atoms with Gasteiger partial charge in [0.05, 0.1) is 61.7 Å². The number of hydrogen-bond acceptors (Lipinski definition) is 22. The lowest BCUT2D eigenvalue weighted by molar-refractivity contribution is -0.314. The third kappa shape index (κ3) is 19.6. The smallest absolute Gasteiger partial charge is 0.307 e. The Morgan fingerprint density at radius 2 is 0.981 bits per heavy atom. The van der Waals surface area contributed by atoms with E-state index in [0.717, 1.165) is 127 Å². The molecule has 6 aliphatic heterocycles. The molecule has 612 valence electrons. The van der Waals surface area contributed by atoms with Gasteiger partial charge < -0.3 is 85.6 Å². The number of fused-ring (bicyclic) bond motifs is 10. The van der Waals surface area contributed by atoms with Crippen LogP contribution in [-0.4, -0.2) is 239 Å². The molecular formula is C86H138N2O20. The predicted octanol–water partition coefficient (Wildman–Crippen LogP) is 12.5. The molecule has 108 heavy (non-hydrogen) atoms. The Balaban J connectivity index is 0.000000215. The van der Waals surface area contributed by atoms with Crippen molar-refractivity contribution in [2.24, 2.45) is 71.0 Å². The summed E-state index contributed by atoms with van der Waals surface area (Å²) in [5.41, 5.74) is 1.57. The van der Waals surface area contributed by atoms with Crippen molar-refractivity contribution in [3.05, 3.63) is 47.6 Å². The van der Waals surface area contributed by atoms with Crippen LogP contribution in [-0.2, 0) is 95.0 Å². The first-order valence-electron chi connectivity index (χ1n) is 41.9. The first-order valence-corrected chi connectivity index (χ1v) is 41.9. The predicted molar refractivity (Wildman–Crippen MR) is 407 cm³/mol. The van der Waals surface area contributed by atoms with Gasteiger partial charge in [0.1, 0.15) is 48.8 Å². The van der Waals surface area contributed by atoms with Crippen LogP contribution in [0.2, 0.25) is 0 Å². The van der Waals surface area contributed by atoms with Crippen molar-refractivity contribution in [2.75, 3.05) is 70.8 Å². The first kappa shape index (κ1) is 85.5. The highest BCUT2D eigenvalue weighted by molar-refractivity contribution is 5.99. The van der Waals surface area contributed by atoms with Gasteiger partial charge in [0.2, 0.25) is 0 Å². The molecule has 12 aliphatic rings. The van der Waals surface area contributed by atoms with Crippen LogP contribution in [0.1, 0.15) is 197 Å². The van der Waals surface area contributed by atoms with E-state index >= 15 is 0 Å². The number of methoxy groups -OCH3 is 6. The zero-order valence-electron chi connectivity index (χ0n) is 68.7. The van der Waals surface area contributed by atoms with Crippen molar-refractivity contribution in [2.45, 2.75) is 332 Å². The number of likely N-dealkylation sites (N-methyl/N-ethyl adjacent to an activating group) is 2. The van der Waals surface area contributed by atoms with Gasteiger partial charge in [-0.15, -0.1) is 0 Å². The Bertz CT molecular complexity index is 3030. The van der Waals surface area contributed by atoms with Gasteiger partial charge in [-0.2, -0.15) is 0 Å². The van der Waals surface area contributed by atoms with Crippen molar-refractivity contribution < 1.29 is 95.0 Å². The second-order valence-corrected chi connectivity index (χ2v) is 34.4. The van der Waals surface area contributed by atoms with E-state index in [0.29, 0.717) is 36.8 Å². The molecule has 0 N–H and O–H groups in total. The highest BCUT2D eigenvalue weighted by Crippen LogP contribution is 2.58. The minimum atomic E-state index is -0.600. The number of carbonyl (C=O) groups excluding carboxylic acids is 4. The van der Waals surface area contributed by atoms with Crippen LogP contribution in [0.25, 0.3) is 0 Å². The molecule has 12 unspecified atom stereocenters. The van der Waals surface area contributed by atoms with Crippen molar-refractivity contribution in [3.8, 4) is 0 Å². The maximum Gasteiger partial charge on any atom is 0.307 e. The maximum absolute atomic E-state index is 14.8. The summed E-state index contributed by atoms with van der Waals surface area (Å²) in [6.45, 7) is 16.5. The van der Waals surface area contributed by atoms with Crippen LogP contribution in [0.15, 0.2) is 47.6 Å². The number of Topliss-reactive ketones (excluding diaryl/α,β-unsaturated/α-hetero) is 2. The SMILES string of the molecule is CC/C=C/[C@H]1CCC[C@H](OC2CC[C@H](N(C)C)[C@@H](C)O2)[C@@H](C)C(=O)C2=CC3C(C=CC4C[C@@H](O[C@@H]5O[C@@H](C)[C@H](OC)[C@@H](OC)[C@H]5OC)CC43)C2CC(=O)O1.CCCC[C@H]1CCC[C@H](OC2CC[C@H](N(C)C)[C@@H](C)O2)[C@@H](C)C(=O)C2=CC3C4C[C@H](O[C@@H]5O[C@@H](C)[C@H](OC)[C@@H](OC)[C@H]5OC)CC4CCC3C2CC(=O)O1. The summed E-state index contributed by atoms with van der Waals surface area (Å²) in [6.07, 6.45) is 25.6. The number of esters is 2. The summed E-state index contributed by atoms with van der Waals surface area (Å²) < 4.78 is 99.7. The molecule has 0 aromatic carbocycles. The van der Waals surface area contributed by atoms with Crippen molar-refractivity contribution in [1.29, 1.82) is 0 Å². The number of hydrogen-bond donors (Lipinski definition) is 0. The van der Waals surface area contributed by atoms with Gasteiger partial charge in [0.15, 0.2) is 36.7 Å². The van der Waals surface area contributed by atoms with Gasteiger partial charge in [-0.25, -0.2) is 0 Å². The average Bonchev–Trinajstić information content (AvgIpc) is 1.59. The van der Waals surface area contributed by atoms with Gasteiger partial charge >= 0.3 is 11.9 Å². The zero-order chi connectivity index (χ0) is 77.4. The molecule has 0 aromatic rings. The molecule has 22 nitrogen and oxygen atoms in total. The van der Waals surface area contributed by atoms with Gasteiger partial charge in [-0.3, -0.25) is 19.2 Å². The lowest BCUT2D eigenvalue weighted by Crippen LogP contribution is -2.59. The summed E-state index contributed by atoms with van der Waals surface area (Å²) in [5.74, 6) is 0.628. The number of nitrogens with zero attached hydrogens (tertiary/aromatic N) is 2. The summed E-state index contributed by atoms with van der Waals surface area (Å²) in [6, 6.07) is 0.675. The first-order chi connectivity index (χ1) is 51.9. The number of allylic oxidation sites excluding steroid dienone is 7. The van der Waals surface area contributed by atoms with E-state index < -0.39 is 24.8 Å². The average molecular weight is 1520 g/mol. The molecule has 0 bridgehead atoms. The molecule has 0 radical (unpaired) electrons. The number of carbonyl (C=O) groups is 4. The number of rotatable bonds is 21. The minimum absolute atomic E-state index is 0.00289. The van der Waals surface area contributed by atoms with E-state index in [4.69, 9.17) is 75.8 Å². The van der Waals surface area contributed by atoms with E-state index in [2.05, 4.69) is 96.1 Å². The molecule has 22 heteroatoms. The number of unbranched alkanes of at least 4 members (excludes halogenated alkanes) is 1. The monoisotopic (exact) mass is 1520 g/mol. The molecular weight excluding hydrogens is 1380 g/mol. The molecule has 6 aliphatic carbocycles. The molecule has 0 spiro atoms. The van der Waals surface area contributed by atoms with Gasteiger partial charge in [-0.05, 0) is 236 Å². The standard InChI is InChI=1S/C43H71NO10.C43H67NO10/c2*1-10-11-13-28-14-12-15-36(54-38-19-18-35(44(5)6)25(3)50-38)24(2)39(46)34-22-32-30(33(34)23-37(45)52-28)17-16-27-20-29(21-31(27)32)53-43-42(49-9)41(48-8)40(47-7)26(4)51-43/h22,24-33,35-36,38,40-43H,10-21,23H2,1-9H3;11,13,16-17,22,24-33,35-36,38,40-43H,10,12,14-15,18-21,23H2,1-9H3/b;13-11+/t2*24-,25-,26+,27?,28+,29-,30?,31?,32?,33?,35+,36+,38?,40+,41-,42-,43+/m11/s1. The normalized spacial score (nSPS) is 44.7. The molecule has 0 amide bonds. The van der Waals surface area contributed by atoms with Crippen LogP contribution in [0.3, 0.4) is 0 Å². The molecule has 34 atom stereocenters. The van der Waals surface area contributed by atoms with Crippen LogP contribution in [0.5, 0.6) is 0 Å². The van der Waals surface area contributed by atoms with E-state index in [9.17, 15) is 19.2 Å². The highest BCUT2D eigenvalue weighted by atomic mass is 16.7. The van der Waals surface area contributed by atoms with Crippen molar-refractivity contribution in [1.82, 2.24) is 9.80 Å². The third-order valence-corrected chi connectivity index (χ3v) is 27.5. The van der Waals surface area contributed by atoms with Crippen LogP contribution in [0.4, 0.5) is 0 Å². The maximum atomic E-state index is 14.8. The Kier molecular flexibility index (Phi) is 31.1. The van der Waals surface area contributed by atoms with E-state index in [1.807, 2.05) is 33.8 Å². The number of ketones is 2. The highest BCUT2D eigenvalue weighted by Gasteiger charge is 2.57. The Hall–Kier alpha value is -3.40. The Morgan fingerprint density at radius 3 is 1.51 bits per heavy atom. The lowest BCUT2D eigenvalue weighted by atomic mass is 9.66. The van der Waals surface area contributed by atoms with E-state index in [1.54, 1.807) is 42.7 Å². The fraction of sp³-hybridized carbons (Fsp3) is 0.860. The number of ether oxygens (including phenoxy) is 16. The molecule has 3 saturated carbocycles. The fourth-order valence-corrected chi connectivity index (χ4v) is 21.8. The lowest BCUT2D eigenvalue weighted by Gasteiger charge is -2.44. The Morgan fingerprint density at radius 1 is 0.472 bits per heavy atom. The summed E-state index contributed by atoms with van der Waals surface area (Å²) in [5, 5.41) is 0. The largest absolute Gasteiger partial charge is 0.462 e. The number of cyclic esters (lactones) is 2. The topological polar surface area (TPSA) is 222 Å². The minimum Gasteiger partial charge on any atom is -0.462 e. The van der Waals surface area contributed by atoms with E-state index in [-0.39, 0.29) is 194 Å². The van der Waals surface area contributed by atoms with Crippen LogP contribution in [0, 0.1) is 71.0 Å². The molecule has 6 heterocycles. The third-order valence-electron chi connectivity index (χ3n) is 27.5. The van der Waals surface area contributed by atoms with E-state index in [1.165, 1.54) is 0 Å². The van der Waals surface area contributed by atoms with Crippen molar-refractivity contribution >= 4 is 23.5 Å². The summed E-state index contributed by atoms with van der Waals surface area (Å²) >= 11 is 0. The van der Waals surface area contributed by atoms with Gasteiger partial charge in [-0.1, -0.05) is 70.9 Å². The van der Waals surface area contributed by atoms with Crippen molar-refractivity contribution in [3.63, 3.8) is 0 Å². The summed E-state index contributed by atoms with van der Waals surface area (Å²) in [7, 11) is 18.4. The molecule has 9 fully saturated rings. The second kappa shape index (κ2) is 39.3. The van der Waals surface area contributed by atoms with Crippen LogP contribution >= 0.6 is 0 Å². The quantitative estimate of drug-likeness (QED) is 0.0769. The second-order valence-electron chi connectivity index (χ2n) is 34.4. The van der Waals surface area contributed by atoms with Crippen LogP contribution < -0.4 is 0 Å². The molecule has 12 rings (SSSR count). The van der Waals surface area contributed by atoms with Gasteiger partial charge in [0, 0.05) is 78.4 Å². The molecule has 0 aromatic heterocycles.